The van der Waals surface area contributed by atoms with E-state index in [-0.39, 0.29) is 12.3 Å². The number of aryl methyl sites for hydroxylation is 1. The Bertz CT molecular complexity index is 751. The molecule has 6 nitrogen and oxygen atoms in total. The molecule has 0 fully saturated rings. The Labute approximate surface area is 115 Å². The quantitative estimate of drug-likeness (QED) is 0.758. The Kier molecular flexibility index (Phi) is 3.12. The lowest BCUT2D eigenvalue weighted by Gasteiger charge is -2.05. The first-order valence-corrected chi connectivity index (χ1v) is 6.23. The van der Waals surface area contributed by atoms with E-state index in [1.807, 2.05) is 37.3 Å². The van der Waals surface area contributed by atoms with E-state index in [4.69, 9.17) is 0 Å². The number of nitrogens with one attached hydrogen (secondary N) is 2. The molecule has 0 aliphatic heterocycles. The maximum Gasteiger partial charge on any atom is 0.232 e. The molecule has 20 heavy (non-hydrogen) atoms. The van der Waals surface area contributed by atoms with Crippen LogP contribution >= 0.6 is 0 Å². The number of para-hydroxylation sites is 1. The van der Waals surface area contributed by atoms with Gasteiger partial charge in [-0.25, -0.2) is 5.10 Å². The summed E-state index contributed by atoms with van der Waals surface area (Å²) in [6.45, 7) is 2.01. The number of H-pyrrole nitrogens is 1. The third kappa shape index (κ3) is 2.49. The molecule has 0 aliphatic carbocycles. The molecule has 0 spiro atoms. The molecule has 3 rings (SSSR count). The number of hydrogen-bond donors (Lipinski definition) is 2. The molecule has 0 saturated heterocycles. The van der Waals surface area contributed by atoms with Crippen molar-refractivity contribution >= 4 is 22.8 Å². The SMILES string of the molecule is Cc1cccc2ccc(CC(=O)Nc3ncn[nH]3)nc12. The van der Waals surface area contributed by atoms with E-state index in [0.717, 1.165) is 22.2 Å². The second kappa shape index (κ2) is 5.08. The molecule has 0 saturated carbocycles. The molecule has 0 radical (unpaired) electrons. The summed E-state index contributed by atoms with van der Waals surface area (Å²) in [5.41, 5.74) is 2.75. The second-order valence-electron chi connectivity index (χ2n) is 4.51. The molecular weight excluding hydrogens is 254 g/mol. The van der Waals surface area contributed by atoms with Gasteiger partial charge >= 0.3 is 0 Å². The van der Waals surface area contributed by atoms with Crippen LogP contribution in [0.25, 0.3) is 10.9 Å². The number of nitrogens with zero attached hydrogens (tertiary/aromatic N) is 3. The number of fused-ring (bicyclic) bond motifs is 1. The topological polar surface area (TPSA) is 83.6 Å². The van der Waals surface area contributed by atoms with Gasteiger partial charge in [-0.05, 0) is 18.6 Å². The minimum absolute atomic E-state index is 0.179. The molecule has 0 atom stereocenters. The van der Waals surface area contributed by atoms with Gasteiger partial charge in [-0.15, -0.1) is 0 Å². The summed E-state index contributed by atoms with van der Waals surface area (Å²) in [7, 11) is 0. The highest BCUT2D eigenvalue weighted by Crippen LogP contribution is 2.16. The largest absolute Gasteiger partial charge is 0.295 e. The average molecular weight is 267 g/mol. The zero-order chi connectivity index (χ0) is 13.9. The highest BCUT2D eigenvalue weighted by Gasteiger charge is 2.08. The van der Waals surface area contributed by atoms with Crippen LogP contribution in [0.1, 0.15) is 11.3 Å². The number of rotatable bonds is 3. The number of amides is 1. The number of carbonyl (C=O) groups excluding carboxylic acids is 1. The monoisotopic (exact) mass is 267 g/mol. The van der Waals surface area contributed by atoms with Gasteiger partial charge in [-0.3, -0.25) is 15.1 Å². The normalized spacial score (nSPS) is 10.7. The predicted molar refractivity (Wildman–Crippen MR) is 75.2 cm³/mol. The Hall–Kier alpha value is -2.76. The number of hydrogen-bond acceptors (Lipinski definition) is 4. The van der Waals surface area contributed by atoms with Gasteiger partial charge in [0.05, 0.1) is 17.6 Å². The molecular formula is C14H13N5O. The number of carbonyl (C=O) groups is 1. The maximum absolute atomic E-state index is 11.9. The maximum atomic E-state index is 11.9. The number of aromatic amines is 1. The van der Waals surface area contributed by atoms with E-state index in [1.165, 1.54) is 6.33 Å². The van der Waals surface area contributed by atoms with Crippen molar-refractivity contribution in [3.05, 3.63) is 47.9 Å². The molecule has 100 valence electrons. The van der Waals surface area contributed by atoms with Gasteiger partial charge < -0.3 is 0 Å². The molecule has 1 amide bonds. The standard InChI is InChI=1S/C14H13N5O/c1-9-3-2-4-10-5-6-11(17-13(9)10)7-12(20)18-14-15-8-16-19-14/h2-6,8H,7H2,1H3,(H2,15,16,18,19,20). The van der Waals surface area contributed by atoms with Crippen molar-refractivity contribution in [2.45, 2.75) is 13.3 Å². The highest BCUT2D eigenvalue weighted by molar-refractivity contribution is 5.91. The van der Waals surface area contributed by atoms with Crippen LogP contribution < -0.4 is 5.32 Å². The van der Waals surface area contributed by atoms with E-state index in [9.17, 15) is 4.79 Å². The summed E-state index contributed by atoms with van der Waals surface area (Å²) < 4.78 is 0. The second-order valence-corrected chi connectivity index (χ2v) is 4.51. The van der Waals surface area contributed by atoms with Gasteiger partial charge in [-0.1, -0.05) is 24.3 Å². The van der Waals surface area contributed by atoms with E-state index >= 15 is 0 Å². The molecule has 1 aromatic carbocycles. The van der Waals surface area contributed by atoms with Crippen LogP contribution in [0.3, 0.4) is 0 Å². The summed E-state index contributed by atoms with van der Waals surface area (Å²) in [6, 6.07) is 9.85. The van der Waals surface area contributed by atoms with Crippen molar-refractivity contribution in [2.75, 3.05) is 5.32 Å². The summed E-state index contributed by atoms with van der Waals surface area (Å²) in [5, 5.41) is 9.95. The van der Waals surface area contributed by atoms with Crippen molar-refractivity contribution in [1.29, 1.82) is 0 Å². The number of aromatic nitrogens is 4. The molecule has 0 aliphatic rings. The molecule has 0 bridgehead atoms. The van der Waals surface area contributed by atoms with Gasteiger partial charge in [0.1, 0.15) is 6.33 Å². The van der Waals surface area contributed by atoms with Gasteiger partial charge in [-0.2, -0.15) is 10.1 Å². The summed E-state index contributed by atoms with van der Waals surface area (Å²) in [6.07, 6.45) is 1.54. The Balaban J connectivity index is 1.80. The predicted octanol–water partition coefficient (Wildman–Crippen LogP) is 1.84. The smallest absolute Gasteiger partial charge is 0.232 e. The molecule has 2 aromatic heterocycles. The first-order valence-electron chi connectivity index (χ1n) is 6.23. The number of benzene rings is 1. The van der Waals surface area contributed by atoms with Crippen LogP contribution in [0.5, 0.6) is 0 Å². The molecule has 0 unspecified atom stereocenters. The van der Waals surface area contributed by atoms with Crippen molar-refractivity contribution in [3.63, 3.8) is 0 Å². The highest BCUT2D eigenvalue weighted by atomic mass is 16.1. The first kappa shape index (κ1) is 12.3. The fourth-order valence-electron chi connectivity index (χ4n) is 2.04. The first-order chi connectivity index (χ1) is 9.72. The zero-order valence-electron chi connectivity index (χ0n) is 10.9. The minimum Gasteiger partial charge on any atom is -0.295 e. The lowest BCUT2D eigenvalue weighted by molar-refractivity contribution is -0.115. The van der Waals surface area contributed by atoms with Gasteiger partial charge in [0.25, 0.3) is 0 Å². The lowest BCUT2D eigenvalue weighted by atomic mass is 10.1. The molecule has 6 heteroatoms. The molecule has 3 aromatic rings. The van der Waals surface area contributed by atoms with Crippen LogP contribution in [0.2, 0.25) is 0 Å². The van der Waals surface area contributed by atoms with Crippen molar-refractivity contribution < 1.29 is 4.79 Å². The van der Waals surface area contributed by atoms with E-state index in [1.54, 1.807) is 0 Å². The Morgan fingerprint density at radius 3 is 3.00 bits per heavy atom. The van der Waals surface area contributed by atoms with Crippen LogP contribution in [-0.2, 0) is 11.2 Å². The third-order valence-electron chi connectivity index (χ3n) is 2.99. The summed E-state index contributed by atoms with van der Waals surface area (Å²) in [5.74, 6) is 0.161. The Morgan fingerprint density at radius 1 is 1.30 bits per heavy atom. The van der Waals surface area contributed by atoms with Crippen molar-refractivity contribution in [2.24, 2.45) is 0 Å². The fraction of sp³-hybridized carbons (Fsp3) is 0.143. The number of anilines is 1. The van der Waals surface area contributed by atoms with Gasteiger partial charge in [0.15, 0.2) is 0 Å². The Morgan fingerprint density at radius 2 is 2.20 bits per heavy atom. The van der Waals surface area contributed by atoms with Crippen LogP contribution in [0.15, 0.2) is 36.7 Å². The van der Waals surface area contributed by atoms with Gasteiger partial charge in [0.2, 0.25) is 11.9 Å². The molecule has 2 heterocycles. The number of pyridine rings is 1. The minimum atomic E-state index is -0.179. The van der Waals surface area contributed by atoms with Crippen LogP contribution in [-0.4, -0.2) is 26.1 Å². The molecule has 2 N–H and O–H groups in total. The van der Waals surface area contributed by atoms with Crippen molar-refractivity contribution in [3.8, 4) is 0 Å². The third-order valence-corrected chi connectivity index (χ3v) is 2.99. The average Bonchev–Trinajstić information content (AvgIpc) is 2.92. The van der Waals surface area contributed by atoms with E-state index < -0.39 is 0 Å². The van der Waals surface area contributed by atoms with E-state index in [0.29, 0.717) is 5.95 Å². The lowest BCUT2D eigenvalue weighted by Crippen LogP contribution is -2.16. The van der Waals surface area contributed by atoms with Crippen LogP contribution in [0, 0.1) is 6.92 Å². The van der Waals surface area contributed by atoms with Gasteiger partial charge in [0, 0.05) is 5.39 Å². The summed E-state index contributed by atoms with van der Waals surface area (Å²) >= 11 is 0. The van der Waals surface area contributed by atoms with Crippen LogP contribution in [0.4, 0.5) is 5.95 Å². The summed E-state index contributed by atoms with van der Waals surface area (Å²) in [4.78, 5) is 20.2. The fourth-order valence-corrected chi connectivity index (χ4v) is 2.04. The van der Waals surface area contributed by atoms with Crippen molar-refractivity contribution in [1.82, 2.24) is 20.2 Å². The van der Waals surface area contributed by atoms with E-state index in [2.05, 4.69) is 25.5 Å². The zero-order valence-corrected chi connectivity index (χ0v) is 10.9.